The maximum atomic E-state index is 12.2. The maximum Gasteiger partial charge on any atom is 0.257 e. The summed E-state index contributed by atoms with van der Waals surface area (Å²) in [6.45, 7) is 4.23. The van der Waals surface area contributed by atoms with Crippen LogP contribution < -0.4 is 5.32 Å². The van der Waals surface area contributed by atoms with Gasteiger partial charge in [0.25, 0.3) is 5.91 Å². The van der Waals surface area contributed by atoms with Crippen LogP contribution in [0.2, 0.25) is 0 Å². The van der Waals surface area contributed by atoms with Gasteiger partial charge in [-0.3, -0.25) is 15.0 Å². The summed E-state index contributed by atoms with van der Waals surface area (Å²) < 4.78 is 6.38. The third kappa shape index (κ3) is 4.25. The van der Waals surface area contributed by atoms with Crippen LogP contribution in [0.5, 0.6) is 0 Å². The molecule has 1 fully saturated rings. The maximum absolute atomic E-state index is 12.2. The summed E-state index contributed by atoms with van der Waals surface area (Å²) in [6.07, 6.45) is 0. The highest BCUT2D eigenvalue weighted by Crippen LogP contribution is 2.18. The van der Waals surface area contributed by atoms with Crippen LogP contribution in [0.15, 0.2) is 29.6 Å². The van der Waals surface area contributed by atoms with Gasteiger partial charge in [-0.2, -0.15) is 0 Å². The molecule has 2 aromatic rings. The number of hydrogen-bond acceptors (Lipinski definition) is 5. The van der Waals surface area contributed by atoms with Crippen molar-refractivity contribution in [1.82, 2.24) is 9.88 Å². The van der Waals surface area contributed by atoms with Crippen LogP contribution in [0.3, 0.4) is 0 Å². The average molecular weight is 429 g/mol. The van der Waals surface area contributed by atoms with Gasteiger partial charge in [-0.25, -0.2) is 4.98 Å². The molecular formula is C15H16IN3O2S. The zero-order valence-corrected chi connectivity index (χ0v) is 14.9. The minimum atomic E-state index is -0.120. The number of nitrogens with zero attached hydrogens (tertiary/aromatic N) is 2. The fourth-order valence-electron chi connectivity index (χ4n) is 2.22. The zero-order valence-electron chi connectivity index (χ0n) is 11.9. The molecule has 0 aliphatic carbocycles. The number of ether oxygens (including phenoxy) is 1. The van der Waals surface area contributed by atoms with Crippen molar-refractivity contribution in [3.8, 4) is 0 Å². The molecule has 1 aromatic carbocycles. The van der Waals surface area contributed by atoms with E-state index in [0.29, 0.717) is 10.7 Å². The van der Waals surface area contributed by atoms with E-state index in [4.69, 9.17) is 4.74 Å². The second-order valence-electron chi connectivity index (χ2n) is 5.00. The predicted octanol–water partition coefficient (Wildman–Crippen LogP) is 2.83. The summed E-state index contributed by atoms with van der Waals surface area (Å²) in [5, 5.41) is 5.51. The fraction of sp³-hybridized carbons (Fsp3) is 0.333. The first-order valence-corrected chi connectivity index (χ1v) is 8.98. The molecule has 7 heteroatoms. The van der Waals surface area contributed by atoms with E-state index in [1.165, 1.54) is 11.3 Å². The molecule has 5 nitrogen and oxygen atoms in total. The van der Waals surface area contributed by atoms with Gasteiger partial charge < -0.3 is 4.74 Å². The number of nitrogens with one attached hydrogen (secondary N) is 1. The highest BCUT2D eigenvalue weighted by Gasteiger charge is 2.14. The molecule has 1 amide bonds. The summed E-state index contributed by atoms with van der Waals surface area (Å²) >= 11 is 3.66. The lowest BCUT2D eigenvalue weighted by molar-refractivity contribution is 0.0337. The van der Waals surface area contributed by atoms with Gasteiger partial charge in [0.05, 0.1) is 18.9 Å². The molecule has 116 valence electrons. The molecular weight excluding hydrogens is 413 g/mol. The summed E-state index contributed by atoms with van der Waals surface area (Å²) in [5.41, 5.74) is 1.64. The molecule has 1 saturated heterocycles. The van der Waals surface area contributed by atoms with E-state index in [1.807, 2.05) is 23.6 Å². The lowest BCUT2D eigenvalue weighted by atomic mass is 10.2. The minimum Gasteiger partial charge on any atom is -0.379 e. The number of rotatable bonds is 4. The van der Waals surface area contributed by atoms with Crippen LogP contribution in [-0.2, 0) is 11.3 Å². The fourth-order valence-corrected chi connectivity index (χ4v) is 3.46. The molecule has 1 N–H and O–H groups in total. The van der Waals surface area contributed by atoms with Crippen LogP contribution in [0, 0.1) is 3.57 Å². The Morgan fingerprint density at radius 1 is 1.41 bits per heavy atom. The zero-order chi connectivity index (χ0) is 15.4. The van der Waals surface area contributed by atoms with Crippen molar-refractivity contribution < 1.29 is 9.53 Å². The van der Waals surface area contributed by atoms with E-state index < -0.39 is 0 Å². The third-order valence-electron chi connectivity index (χ3n) is 3.35. The molecule has 1 aliphatic rings. The Labute approximate surface area is 146 Å². The Morgan fingerprint density at radius 3 is 3.00 bits per heavy atom. The van der Waals surface area contributed by atoms with Gasteiger partial charge in [-0.05, 0) is 40.8 Å². The topological polar surface area (TPSA) is 54.5 Å². The van der Waals surface area contributed by atoms with Crippen LogP contribution in [-0.4, -0.2) is 42.1 Å². The predicted molar refractivity (Wildman–Crippen MR) is 95.3 cm³/mol. The second kappa shape index (κ2) is 7.49. The number of aromatic nitrogens is 1. The number of anilines is 1. The highest BCUT2D eigenvalue weighted by molar-refractivity contribution is 14.1. The summed E-state index contributed by atoms with van der Waals surface area (Å²) in [6, 6.07) is 7.50. The van der Waals surface area contributed by atoms with Crippen molar-refractivity contribution in [2.24, 2.45) is 0 Å². The van der Waals surface area contributed by atoms with Gasteiger partial charge in [0.15, 0.2) is 5.13 Å². The molecule has 3 rings (SSSR count). The van der Waals surface area contributed by atoms with Gasteiger partial charge in [-0.1, -0.05) is 6.07 Å². The van der Waals surface area contributed by atoms with Crippen LogP contribution >= 0.6 is 33.9 Å². The number of hydrogen-bond donors (Lipinski definition) is 1. The van der Waals surface area contributed by atoms with E-state index >= 15 is 0 Å². The number of carbonyl (C=O) groups excluding carboxylic acids is 1. The Morgan fingerprint density at radius 2 is 2.23 bits per heavy atom. The van der Waals surface area contributed by atoms with Gasteiger partial charge in [0.1, 0.15) is 0 Å². The normalized spacial score (nSPS) is 15.7. The van der Waals surface area contributed by atoms with Crippen LogP contribution in [0.4, 0.5) is 5.13 Å². The lowest BCUT2D eigenvalue weighted by Gasteiger charge is -2.25. The SMILES string of the molecule is O=C(Nc1nc(CN2CCOCC2)cs1)c1cccc(I)c1. The van der Waals surface area contributed by atoms with Crippen molar-refractivity contribution in [2.75, 3.05) is 31.6 Å². The van der Waals surface area contributed by atoms with Crippen LogP contribution in [0.25, 0.3) is 0 Å². The summed E-state index contributed by atoms with van der Waals surface area (Å²) in [7, 11) is 0. The molecule has 1 aromatic heterocycles. The second-order valence-corrected chi connectivity index (χ2v) is 7.10. The van der Waals surface area contributed by atoms with Crippen molar-refractivity contribution in [3.63, 3.8) is 0 Å². The Bertz CT molecular complexity index is 656. The lowest BCUT2D eigenvalue weighted by Crippen LogP contribution is -2.35. The van der Waals surface area contributed by atoms with Gasteiger partial charge >= 0.3 is 0 Å². The Kier molecular flexibility index (Phi) is 5.40. The van der Waals surface area contributed by atoms with Crippen molar-refractivity contribution >= 4 is 45.0 Å². The van der Waals surface area contributed by atoms with E-state index in [-0.39, 0.29) is 5.91 Å². The number of carbonyl (C=O) groups is 1. The van der Waals surface area contributed by atoms with Crippen molar-refractivity contribution in [2.45, 2.75) is 6.54 Å². The number of morpholine rings is 1. The van der Waals surface area contributed by atoms with Gasteiger partial charge in [0.2, 0.25) is 0 Å². The first-order valence-electron chi connectivity index (χ1n) is 7.02. The molecule has 0 radical (unpaired) electrons. The number of benzene rings is 1. The Balaban J connectivity index is 1.60. The van der Waals surface area contributed by atoms with E-state index in [9.17, 15) is 4.79 Å². The molecule has 0 unspecified atom stereocenters. The van der Waals surface area contributed by atoms with E-state index in [1.54, 1.807) is 6.07 Å². The molecule has 0 atom stereocenters. The molecule has 2 heterocycles. The standard InChI is InChI=1S/C15H16IN3O2S/c16-12-3-1-2-11(8-12)14(20)18-15-17-13(10-22-15)9-19-4-6-21-7-5-19/h1-3,8,10H,4-7,9H2,(H,17,18,20). The van der Waals surface area contributed by atoms with Crippen LogP contribution in [0.1, 0.15) is 16.1 Å². The number of halogens is 1. The largest absolute Gasteiger partial charge is 0.379 e. The Hall–Kier alpha value is -1.03. The molecule has 22 heavy (non-hydrogen) atoms. The minimum absolute atomic E-state index is 0.120. The smallest absolute Gasteiger partial charge is 0.257 e. The van der Waals surface area contributed by atoms with Gasteiger partial charge in [-0.15, -0.1) is 11.3 Å². The highest BCUT2D eigenvalue weighted by atomic mass is 127. The summed E-state index contributed by atoms with van der Waals surface area (Å²) in [5.74, 6) is -0.120. The van der Waals surface area contributed by atoms with E-state index in [2.05, 4.69) is 37.8 Å². The monoisotopic (exact) mass is 429 g/mol. The number of thiazole rings is 1. The van der Waals surface area contributed by atoms with Crippen molar-refractivity contribution in [3.05, 3.63) is 44.5 Å². The van der Waals surface area contributed by atoms with Gasteiger partial charge in [0, 0.05) is 34.1 Å². The average Bonchev–Trinajstić information content (AvgIpc) is 2.95. The molecule has 1 aliphatic heterocycles. The summed E-state index contributed by atoms with van der Waals surface area (Å²) in [4.78, 5) is 19.0. The molecule has 0 saturated carbocycles. The van der Waals surface area contributed by atoms with E-state index in [0.717, 1.165) is 42.1 Å². The quantitative estimate of drug-likeness (QED) is 0.760. The molecule has 0 spiro atoms. The third-order valence-corrected chi connectivity index (χ3v) is 4.83. The first kappa shape index (κ1) is 15.9. The molecule has 0 bridgehead atoms. The van der Waals surface area contributed by atoms with Crippen molar-refractivity contribution in [1.29, 1.82) is 0 Å². The number of amides is 1. The first-order chi connectivity index (χ1) is 10.7.